The second kappa shape index (κ2) is 5.45. The lowest BCUT2D eigenvalue weighted by molar-refractivity contribution is -0.148. The summed E-state index contributed by atoms with van der Waals surface area (Å²) < 4.78 is 0. The first-order chi connectivity index (χ1) is 10.9. The van der Waals surface area contributed by atoms with Crippen molar-refractivity contribution in [2.75, 3.05) is 6.54 Å². The van der Waals surface area contributed by atoms with E-state index in [9.17, 15) is 24.3 Å². The fourth-order valence-electron chi connectivity index (χ4n) is 3.83. The molecule has 0 aromatic rings. The maximum atomic E-state index is 12.5. The molecular weight excluding hydrogens is 304 g/mol. The Balaban J connectivity index is 1.66. The fourth-order valence-corrected chi connectivity index (χ4v) is 3.83. The van der Waals surface area contributed by atoms with E-state index in [0.717, 1.165) is 4.90 Å². The topological polar surface area (TPSA) is 124 Å². The molecule has 0 aromatic heterocycles. The van der Waals surface area contributed by atoms with Crippen LogP contribution in [0, 0.1) is 11.8 Å². The van der Waals surface area contributed by atoms with E-state index in [4.69, 9.17) is 5.11 Å². The van der Waals surface area contributed by atoms with Crippen molar-refractivity contribution in [1.29, 1.82) is 0 Å². The number of hydrogen-bond donors (Lipinski definition) is 3. The highest BCUT2D eigenvalue weighted by Crippen LogP contribution is 2.47. The molecule has 23 heavy (non-hydrogen) atoms. The van der Waals surface area contributed by atoms with Crippen LogP contribution in [0.3, 0.4) is 0 Å². The molecule has 3 N–H and O–H groups in total. The number of carboxylic acids is 2. The van der Waals surface area contributed by atoms with Gasteiger partial charge in [0.2, 0.25) is 11.8 Å². The first-order valence-electron chi connectivity index (χ1n) is 7.66. The van der Waals surface area contributed by atoms with Gasteiger partial charge in [0.25, 0.3) is 0 Å². The number of rotatable bonds is 7. The van der Waals surface area contributed by atoms with Crippen molar-refractivity contribution < 1.29 is 29.4 Å². The van der Waals surface area contributed by atoms with Gasteiger partial charge < -0.3 is 10.2 Å². The Morgan fingerprint density at radius 2 is 1.91 bits per heavy atom. The van der Waals surface area contributed by atoms with Crippen molar-refractivity contribution >= 4 is 23.8 Å². The molecule has 0 aliphatic carbocycles. The van der Waals surface area contributed by atoms with Crippen LogP contribution in [0.2, 0.25) is 0 Å². The standard InChI is InChI=1S/C15H18N2O6/c18-9(19)4-2-1-3-7-17-12(20)10-8-5-6-15(16-8,14(22)23)11(10)13(17)21/h5-6,8,10-11,16H,1-4,7H2,(H,18,19)(H,22,23). The second-order valence-corrected chi connectivity index (χ2v) is 6.24. The molecule has 3 heterocycles. The van der Waals surface area contributed by atoms with E-state index in [1.165, 1.54) is 6.08 Å². The highest BCUT2D eigenvalue weighted by molar-refractivity contribution is 6.10. The predicted octanol–water partition coefficient (Wildman–Crippen LogP) is -0.402. The Morgan fingerprint density at radius 3 is 2.57 bits per heavy atom. The van der Waals surface area contributed by atoms with Gasteiger partial charge in [0.1, 0.15) is 5.54 Å². The van der Waals surface area contributed by atoms with Gasteiger partial charge in [0.15, 0.2) is 0 Å². The monoisotopic (exact) mass is 322 g/mol. The van der Waals surface area contributed by atoms with Crippen LogP contribution in [-0.2, 0) is 19.2 Å². The van der Waals surface area contributed by atoms with Crippen molar-refractivity contribution in [2.24, 2.45) is 11.8 Å². The molecule has 8 heteroatoms. The number of aliphatic carboxylic acids is 2. The smallest absolute Gasteiger partial charge is 0.328 e. The number of carbonyl (C=O) groups excluding carboxylic acids is 2. The summed E-state index contributed by atoms with van der Waals surface area (Å²) in [7, 11) is 0. The quantitative estimate of drug-likeness (QED) is 0.331. The lowest BCUT2D eigenvalue weighted by Gasteiger charge is -2.25. The minimum atomic E-state index is -1.47. The molecule has 2 bridgehead atoms. The van der Waals surface area contributed by atoms with Crippen LogP contribution in [0.15, 0.2) is 12.2 Å². The van der Waals surface area contributed by atoms with Crippen molar-refractivity contribution in [3.05, 3.63) is 12.2 Å². The van der Waals surface area contributed by atoms with Gasteiger partial charge in [-0.25, -0.2) is 4.79 Å². The van der Waals surface area contributed by atoms with Crippen molar-refractivity contribution in [3.63, 3.8) is 0 Å². The normalized spacial score (nSPS) is 34.3. The fraction of sp³-hybridized carbons (Fsp3) is 0.600. The van der Waals surface area contributed by atoms with Crippen LogP contribution in [0.4, 0.5) is 0 Å². The van der Waals surface area contributed by atoms with E-state index in [0.29, 0.717) is 19.3 Å². The molecule has 3 rings (SSSR count). The Morgan fingerprint density at radius 1 is 1.17 bits per heavy atom. The number of likely N-dealkylation sites (tertiary alicyclic amines) is 1. The Labute approximate surface area is 132 Å². The Bertz CT molecular complexity index is 615. The third-order valence-corrected chi connectivity index (χ3v) is 4.92. The summed E-state index contributed by atoms with van der Waals surface area (Å²) in [5.74, 6) is -4.33. The van der Waals surface area contributed by atoms with Crippen molar-refractivity contribution in [3.8, 4) is 0 Å². The molecule has 8 nitrogen and oxygen atoms in total. The number of unbranched alkanes of at least 4 members (excludes halogenated alkanes) is 2. The molecule has 0 radical (unpaired) electrons. The average molecular weight is 322 g/mol. The van der Waals surface area contributed by atoms with Crippen LogP contribution in [0.1, 0.15) is 25.7 Å². The Kier molecular flexibility index (Phi) is 3.71. The highest BCUT2D eigenvalue weighted by atomic mass is 16.4. The number of nitrogens with one attached hydrogen (secondary N) is 1. The molecule has 0 spiro atoms. The summed E-state index contributed by atoms with van der Waals surface area (Å²) in [5, 5.41) is 20.9. The molecule has 3 aliphatic rings. The van der Waals surface area contributed by atoms with Gasteiger partial charge in [-0.2, -0.15) is 0 Å². The molecule has 2 saturated heterocycles. The van der Waals surface area contributed by atoms with Crippen LogP contribution >= 0.6 is 0 Å². The molecule has 4 atom stereocenters. The van der Waals surface area contributed by atoms with Gasteiger partial charge >= 0.3 is 11.9 Å². The van der Waals surface area contributed by atoms with Crippen LogP contribution in [-0.4, -0.2) is 57.0 Å². The first kappa shape index (κ1) is 15.7. The summed E-state index contributed by atoms with van der Waals surface area (Å²) in [4.78, 5) is 48.2. The molecule has 3 aliphatic heterocycles. The zero-order valence-electron chi connectivity index (χ0n) is 12.4. The number of hydrogen-bond acceptors (Lipinski definition) is 5. The van der Waals surface area contributed by atoms with Crippen LogP contribution in [0.25, 0.3) is 0 Å². The van der Waals surface area contributed by atoms with E-state index in [2.05, 4.69) is 5.32 Å². The van der Waals surface area contributed by atoms with E-state index < -0.39 is 41.3 Å². The number of nitrogens with zero attached hydrogens (tertiary/aromatic N) is 1. The summed E-state index contributed by atoms with van der Waals surface area (Å²) in [6.45, 7) is 0.215. The molecule has 0 aromatic carbocycles. The van der Waals surface area contributed by atoms with Gasteiger partial charge in [-0.05, 0) is 12.8 Å². The maximum Gasteiger partial charge on any atom is 0.328 e. The van der Waals surface area contributed by atoms with E-state index in [1.807, 2.05) is 0 Å². The van der Waals surface area contributed by atoms with Gasteiger partial charge in [-0.1, -0.05) is 18.6 Å². The average Bonchev–Trinajstić information content (AvgIpc) is 3.12. The van der Waals surface area contributed by atoms with E-state index in [-0.39, 0.29) is 18.9 Å². The number of carboxylic acid groups (broad SMARTS) is 2. The second-order valence-electron chi connectivity index (χ2n) is 6.24. The minimum Gasteiger partial charge on any atom is -0.481 e. The summed E-state index contributed by atoms with van der Waals surface area (Å²) in [6.07, 6.45) is 4.80. The predicted molar refractivity (Wildman–Crippen MR) is 76.2 cm³/mol. The molecule has 2 fully saturated rings. The summed E-state index contributed by atoms with van der Waals surface area (Å²) >= 11 is 0. The molecular formula is C15H18N2O6. The molecule has 2 amide bonds. The van der Waals surface area contributed by atoms with Crippen molar-refractivity contribution in [1.82, 2.24) is 10.2 Å². The zero-order valence-corrected chi connectivity index (χ0v) is 12.4. The third kappa shape index (κ3) is 2.24. The number of amides is 2. The van der Waals surface area contributed by atoms with Gasteiger partial charge in [-0.3, -0.25) is 24.6 Å². The first-order valence-corrected chi connectivity index (χ1v) is 7.66. The van der Waals surface area contributed by atoms with Gasteiger partial charge in [-0.15, -0.1) is 0 Å². The van der Waals surface area contributed by atoms with Gasteiger partial charge in [0.05, 0.1) is 11.8 Å². The van der Waals surface area contributed by atoms with E-state index in [1.54, 1.807) is 6.08 Å². The maximum absolute atomic E-state index is 12.5. The largest absolute Gasteiger partial charge is 0.481 e. The summed E-state index contributed by atoms with van der Waals surface area (Å²) in [5.41, 5.74) is -1.47. The minimum absolute atomic E-state index is 0.0607. The molecule has 4 unspecified atom stereocenters. The SMILES string of the molecule is O=C(O)CCCCCN1C(=O)C2C3C=CC(C(=O)O)(N3)C2C1=O. The number of carbonyl (C=O) groups is 4. The number of imide groups is 1. The third-order valence-electron chi connectivity index (χ3n) is 4.92. The van der Waals surface area contributed by atoms with Gasteiger partial charge in [0, 0.05) is 19.0 Å². The molecule has 124 valence electrons. The van der Waals surface area contributed by atoms with Crippen LogP contribution in [0.5, 0.6) is 0 Å². The number of fused-ring (bicyclic) bond motifs is 5. The zero-order chi connectivity index (χ0) is 16.8. The summed E-state index contributed by atoms with van der Waals surface area (Å²) in [6, 6.07) is -0.412. The van der Waals surface area contributed by atoms with Crippen LogP contribution < -0.4 is 5.32 Å². The lowest BCUT2D eigenvalue weighted by atomic mass is 9.76. The lowest BCUT2D eigenvalue weighted by Crippen LogP contribution is -2.53. The van der Waals surface area contributed by atoms with E-state index >= 15 is 0 Å². The Hall–Kier alpha value is -2.22. The molecule has 0 saturated carbocycles. The van der Waals surface area contributed by atoms with Crippen molar-refractivity contribution in [2.45, 2.75) is 37.3 Å². The highest BCUT2D eigenvalue weighted by Gasteiger charge is 2.69.